The number of hydrogen-bond acceptors (Lipinski definition) is 4. The second-order valence-corrected chi connectivity index (χ2v) is 10.7. The summed E-state index contributed by atoms with van der Waals surface area (Å²) in [6.45, 7) is 1.79. The monoisotopic (exact) mass is 497 g/mol. The quantitative estimate of drug-likeness (QED) is 0.535. The molecular weight excluding hydrogens is 469 g/mol. The Bertz CT molecular complexity index is 1260. The molecule has 1 amide bonds. The van der Waals surface area contributed by atoms with Gasteiger partial charge in [0.25, 0.3) is 5.91 Å². The van der Waals surface area contributed by atoms with Crippen molar-refractivity contribution in [2.45, 2.75) is 56.6 Å². The van der Waals surface area contributed by atoms with E-state index >= 15 is 0 Å². The first-order chi connectivity index (χ1) is 16.9. The first-order valence-corrected chi connectivity index (χ1v) is 12.7. The molecule has 1 aromatic carbocycles. The summed E-state index contributed by atoms with van der Waals surface area (Å²) in [5.41, 5.74) is 1.54. The molecule has 2 saturated carbocycles. The van der Waals surface area contributed by atoms with Crippen LogP contribution in [0.15, 0.2) is 36.9 Å². The second-order valence-electron chi connectivity index (χ2n) is 10.3. The minimum atomic E-state index is -0.517. The normalized spacial score (nSPS) is 27.9. The Morgan fingerprint density at radius 2 is 2.03 bits per heavy atom. The topological polar surface area (TPSA) is 74.0 Å². The summed E-state index contributed by atoms with van der Waals surface area (Å²) >= 11 is 5.89. The van der Waals surface area contributed by atoms with Crippen molar-refractivity contribution >= 4 is 23.2 Å². The zero-order valence-electron chi connectivity index (χ0n) is 19.7. The maximum atomic E-state index is 13.5. The van der Waals surface area contributed by atoms with E-state index in [9.17, 15) is 9.18 Å². The number of nitrogens with zero attached hydrogens (tertiary/aromatic N) is 4. The molecule has 184 valence electrons. The molecule has 2 atom stereocenters. The van der Waals surface area contributed by atoms with Crippen molar-refractivity contribution in [3.63, 3.8) is 0 Å². The number of rotatable bonds is 3. The van der Waals surface area contributed by atoms with Gasteiger partial charge in [0.05, 0.1) is 17.0 Å². The van der Waals surface area contributed by atoms with E-state index in [0.717, 1.165) is 63.2 Å². The maximum Gasteiger partial charge on any atom is 0.274 e. The largest absolute Gasteiger partial charge is 0.367 e. The number of aryl methyl sites for hydroxylation is 2. The van der Waals surface area contributed by atoms with E-state index in [-0.39, 0.29) is 22.4 Å². The van der Waals surface area contributed by atoms with Gasteiger partial charge in [-0.1, -0.05) is 11.6 Å². The summed E-state index contributed by atoms with van der Waals surface area (Å²) in [6.07, 6.45) is 11.8. The third-order valence-corrected chi connectivity index (χ3v) is 8.35. The van der Waals surface area contributed by atoms with Gasteiger partial charge in [-0.05, 0) is 68.6 Å². The molecule has 2 unspecified atom stereocenters. The van der Waals surface area contributed by atoms with Crippen LogP contribution >= 0.6 is 11.6 Å². The van der Waals surface area contributed by atoms with Crippen LogP contribution in [0.25, 0.3) is 0 Å². The fraction of sp³-hybridized carbons (Fsp3) is 0.500. The lowest BCUT2D eigenvalue weighted by Gasteiger charge is -2.33. The number of hydrogen-bond donors (Lipinski definition) is 1. The lowest BCUT2D eigenvalue weighted by molar-refractivity contribution is -0.0666. The second kappa shape index (κ2) is 8.75. The molecule has 1 spiro atoms. The van der Waals surface area contributed by atoms with Crippen LogP contribution < -0.4 is 5.32 Å². The Labute approximate surface area is 208 Å². The highest BCUT2D eigenvalue weighted by atomic mass is 35.5. The molecule has 9 heteroatoms. The van der Waals surface area contributed by atoms with E-state index in [0.29, 0.717) is 23.2 Å². The molecule has 0 saturated heterocycles. The molecule has 3 heterocycles. The van der Waals surface area contributed by atoms with Crippen LogP contribution in [0.3, 0.4) is 0 Å². The SMILES string of the molecule is Cn1cnc(C2CC3CC4(CC3C2)OCCCCn2ccnc24)c1C(=O)Nc1ccc(F)c(Cl)c1. The standard InChI is InChI=1S/C26H29ClFN5O2/c1-32-15-30-22(23(32)24(34)31-19-4-5-21(28)20(27)12-19)16-10-17-13-26(14-18(17)11-16)25-29-6-8-33(25)7-2-3-9-35-26/h4-6,8,12,15-18H,2-3,7,9-11,13-14H2,1H3,(H,31,34). The zero-order chi connectivity index (χ0) is 24.2. The van der Waals surface area contributed by atoms with Gasteiger partial charge < -0.3 is 19.2 Å². The molecule has 0 bridgehead atoms. The van der Waals surface area contributed by atoms with Gasteiger partial charge in [0.1, 0.15) is 22.9 Å². The van der Waals surface area contributed by atoms with Crippen molar-refractivity contribution < 1.29 is 13.9 Å². The number of fused-ring (bicyclic) bond motifs is 3. The summed E-state index contributed by atoms with van der Waals surface area (Å²) < 4.78 is 24.1. The highest BCUT2D eigenvalue weighted by molar-refractivity contribution is 6.31. The van der Waals surface area contributed by atoms with E-state index in [4.69, 9.17) is 21.3 Å². The van der Waals surface area contributed by atoms with Crippen molar-refractivity contribution in [3.8, 4) is 0 Å². The van der Waals surface area contributed by atoms with Crippen LogP contribution in [-0.2, 0) is 23.9 Å². The smallest absolute Gasteiger partial charge is 0.274 e. The molecule has 2 fully saturated rings. The Morgan fingerprint density at radius 3 is 2.80 bits per heavy atom. The van der Waals surface area contributed by atoms with E-state index in [1.807, 2.05) is 13.2 Å². The van der Waals surface area contributed by atoms with E-state index < -0.39 is 5.82 Å². The Hall–Kier alpha value is -2.71. The predicted octanol–water partition coefficient (Wildman–Crippen LogP) is 5.27. The van der Waals surface area contributed by atoms with Crippen molar-refractivity contribution in [1.82, 2.24) is 19.1 Å². The number of anilines is 1. The number of benzene rings is 1. The van der Waals surface area contributed by atoms with E-state index in [1.165, 1.54) is 18.2 Å². The molecule has 1 aliphatic heterocycles. The third kappa shape index (κ3) is 3.96. The molecule has 3 aliphatic rings. The Morgan fingerprint density at radius 1 is 1.23 bits per heavy atom. The number of carbonyl (C=O) groups excluding carboxylic acids is 1. The van der Waals surface area contributed by atoms with Crippen molar-refractivity contribution in [2.24, 2.45) is 18.9 Å². The molecule has 2 aliphatic carbocycles. The third-order valence-electron chi connectivity index (χ3n) is 8.06. The van der Waals surface area contributed by atoms with Crippen molar-refractivity contribution in [1.29, 1.82) is 0 Å². The average Bonchev–Trinajstić information content (AvgIpc) is 3.57. The fourth-order valence-electron chi connectivity index (χ4n) is 6.56. The first-order valence-electron chi connectivity index (χ1n) is 12.4. The van der Waals surface area contributed by atoms with Gasteiger partial charge in [-0.15, -0.1) is 0 Å². The molecule has 1 N–H and O–H groups in total. The summed E-state index contributed by atoms with van der Waals surface area (Å²) in [4.78, 5) is 22.6. The van der Waals surface area contributed by atoms with E-state index in [2.05, 4.69) is 21.1 Å². The minimum absolute atomic E-state index is 0.0253. The van der Waals surface area contributed by atoms with Crippen LogP contribution in [0, 0.1) is 17.7 Å². The summed E-state index contributed by atoms with van der Waals surface area (Å²) in [5.74, 6) is 1.55. The molecule has 6 rings (SSSR count). The number of carbonyl (C=O) groups is 1. The van der Waals surface area contributed by atoms with Crippen LogP contribution in [0.1, 0.15) is 66.4 Å². The number of amides is 1. The number of aromatic nitrogens is 4. The van der Waals surface area contributed by atoms with Gasteiger partial charge in [-0.2, -0.15) is 0 Å². The first kappa shape index (κ1) is 22.7. The molecule has 3 aromatic rings. The van der Waals surface area contributed by atoms with E-state index in [1.54, 1.807) is 10.9 Å². The van der Waals surface area contributed by atoms with Crippen LogP contribution in [0.4, 0.5) is 10.1 Å². The molecule has 7 nitrogen and oxygen atoms in total. The highest BCUT2D eigenvalue weighted by Gasteiger charge is 2.54. The van der Waals surface area contributed by atoms with Crippen molar-refractivity contribution in [3.05, 3.63) is 65.0 Å². The van der Waals surface area contributed by atoms with Gasteiger partial charge in [-0.25, -0.2) is 14.4 Å². The number of halogens is 2. The Kier molecular flexibility index (Phi) is 5.68. The number of nitrogens with one attached hydrogen (secondary N) is 1. The zero-order valence-corrected chi connectivity index (χ0v) is 20.5. The lowest BCUT2D eigenvalue weighted by Crippen LogP contribution is -2.33. The van der Waals surface area contributed by atoms with Crippen LogP contribution in [0.2, 0.25) is 5.02 Å². The van der Waals surface area contributed by atoms with Gasteiger partial charge in [0, 0.05) is 44.2 Å². The number of ether oxygens (including phenoxy) is 1. The summed E-state index contributed by atoms with van der Waals surface area (Å²) in [7, 11) is 1.83. The highest BCUT2D eigenvalue weighted by Crippen LogP contribution is 2.58. The molecular formula is C26H29ClFN5O2. The lowest BCUT2D eigenvalue weighted by atomic mass is 9.91. The molecule has 0 radical (unpaired) electrons. The maximum absolute atomic E-state index is 13.5. The predicted molar refractivity (Wildman–Crippen MR) is 130 cm³/mol. The van der Waals surface area contributed by atoms with Crippen LogP contribution in [-0.4, -0.2) is 31.6 Å². The summed E-state index contributed by atoms with van der Waals surface area (Å²) in [5, 5.41) is 2.83. The van der Waals surface area contributed by atoms with Gasteiger partial charge in [-0.3, -0.25) is 4.79 Å². The van der Waals surface area contributed by atoms with Gasteiger partial charge >= 0.3 is 0 Å². The van der Waals surface area contributed by atoms with Gasteiger partial charge in [0.15, 0.2) is 0 Å². The Balaban J connectivity index is 1.21. The average molecular weight is 498 g/mol. The van der Waals surface area contributed by atoms with Gasteiger partial charge in [0.2, 0.25) is 0 Å². The molecule has 2 aromatic heterocycles. The fourth-order valence-corrected chi connectivity index (χ4v) is 6.74. The summed E-state index contributed by atoms with van der Waals surface area (Å²) in [6, 6.07) is 4.18. The van der Waals surface area contributed by atoms with Crippen LogP contribution in [0.5, 0.6) is 0 Å². The minimum Gasteiger partial charge on any atom is -0.367 e. The number of imidazole rings is 2. The van der Waals surface area contributed by atoms with Crippen molar-refractivity contribution in [2.75, 3.05) is 11.9 Å². The molecule has 35 heavy (non-hydrogen) atoms.